The van der Waals surface area contributed by atoms with Gasteiger partial charge < -0.3 is 10.0 Å². The third-order valence-corrected chi connectivity index (χ3v) is 3.74. The lowest BCUT2D eigenvalue weighted by molar-refractivity contribution is -0.134. The second-order valence-corrected chi connectivity index (χ2v) is 5.38. The van der Waals surface area contributed by atoms with Gasteiger partial charge in [0.2, 0.25) is 0 Å². The summed E-state index contributed by atoms with van der Waals surface area (Å²) in [5.41, 5.74) is 0.118. The minimum Gasteiger partial charge on any atom is -0.477 e. The molecule has 4 nitrogen and oxygen atoms in total. The number of alkyl halides is 2. The van der Waals surface area contributed by atoms with Crippen molar-refractivity contribution >= 4 is 46.7 Å². The molecule has 0 bridgehead atoms. The molecule has 1 atom stereocenters. The number of carbonyl (C=O) groups excluding carboxylic acids is 1. The number of hydrogen-bond acceptors (Lipinski definition) is 4. The molecule has 1 heterocycles. The van der Waals surface area contributed by atoms with Gasteiger partial charge in [-0.2, -0.15) is 0 Å². The molecule has 0 spiro atoms. The fraction of sp³-hybridized carbons (Fsp3) is 0.500. The van der Waals surface area contributed by atoms with Gasteiger partial charge in [0.1, 0.15) is 11.1 Å². The van der Waals surface area contributed by atoms with Gasteiger partial charge in [-0.3, -0.25) is 4.79 Å². The van der Waals surface area contributed by atoms with Crippen molar-refractivity contribution < 1.29 is 14.7 Å². The number of carboxylic acids is 1. The Labute approximate surface area is 101 Å². The van der Waals surface area contributed by atoms with Crippen molar-refractivity contribution in [2.45, 2.75) is 17.1 Å². The van der Waals surface area contributed by atoms with Gasteiger partial charge in [-0.25, -0.2) is 4.79 Å². The van der Waals surface area contributed by atoms with E-state index in [9.17, 15) is 9.59 Å². The smallest absolute Gasteiger partial charge is 0.353 e. The highest BCUT2D eigenvalue weighted by atomic mass is 35.5. The van der Waals surface area contributed by atoms with E-state index < -0.39 is 22.0 Å². The molecule has 0 saturated heterocycles. The van der Waals surface area contributed by atoms with E-state index in [0.29, 0.717) is 4.91 Å². The van der Waals surface area contributed by atoms with Gasteiger partial charge in [0.05, 0.1) is 0 Å². The molecule has 1 aliphatic rings. The molecule has 1 rings (SSSR count). The predicted octanol–water partition coefficient (Wildman–Crippen LogP) is 1.68. The molecule has 0 aliphatic carbocycles. The Morgan fingerprint density at radius 2 is 2.07 bits per heavy atom. The van der Waals surface area contributed by atoms with Crippen LogP contribution in [0, 0.1) is 0 Å². The number of ketones is 1. The highest BCUT2D eigenvalue weighted by molar-refractivity contribution is 8.04. The van der Waals surface area contributed by atoms with Crippen LogP contribution in [-0.2, 0) is 9.59 Å². The molecule has 84 valence electrons. The average Bonchev–Trinajstić information content (AvgIpc) is 2.40. The zero-order valence-electron chi connectivity index (χ0n) is 8.03. The number of hydrogen-bond donors (Lipinski definition) is 1. The summed E-state index contributed by atoms with van der Waals surface area (Å²) in [7, 11) is 1.53. The zero-order valence-corrected chi connectivity index (χ0v) is 10.4. The Morgan fingerprint density at radius 3 is 2.40 bits per heavy atom. The van der Waals surface area contributed by atoms with E-state index >= 15 is 0 Å². The molecule has 15 heavy (non-hydrogen) atoms. The number of nitrogens with zero attached hydrogens (tertiary/aromatic N) is 1. The predicted molar refractivity (Wildman–Crippen MR) is 60.0 cm³/mol. The summed E-state index contributed by atoms with van der Waals surface area (Å²) in [6, 6.07) is 0. The van der Waals surface area contributed by atoms with Crippen LogP contribution in [0.4, 0.5) is 0 Å². The maximum Gasteiger partial charge on any atom is 0.353 e. The van der Waals surface area contributed by atoms with E-state index in [1.165, 1.54) is 11.9 Å². The third kappa shape index (κ3) is 2.41. The average molecular weight is 270 g/mol. The molecule has 7 heteroatoms. The number of allylic oxidation sites excluding steroid dienone is 1. The van der Waals surface area contributed by atoms with Gasteiger partial charge in [0, 0.05) is 12.0 Å². The van der Waals surface area contributed by atoms with Crippen LogP contribution in [0.15, 0.2) is 10.6 Å². The van der Waals surface area contributed by atoms with Crippen molar-refractivity contribution in [2.75, 3.05) is 7.05 Å². The highest BCUT2D eigenvalue weighted by Gasteiger charge is 2.38. The van der Waals surface area contributed by atoms with Crippen molar-refractivity contribution in [3.8, 4) is 0 Å². The number of carboxylic acid groups (broad SMARTS) is 1. The van der Waals surface area contributed by atoms with E-state index in [1.807, 2.05) is 0 Å². The largest absolute Gasteiger partial charge is 0.477 e. The number of rotatable bonds is 3. The van der Waals surface area contributed by atoms with Crippen LogP contribution in [0.3, 0.4) is 0 Å². The summed E-state index contributed by atoms with van der Waals surface area (Å²) >= 11 is 12.1. The summed E-state index contributed by atoms with van der Waals surface area (Å²) in [4.78, 5) is 23.2. The molecular weight excluding hydrogens is 261 g/mol. The fourth-order valence-corrected chi connectivity index (χ4v) is 2.91. The lowest BCUT2D eigenvalue weighted by Gasteiger charge is -2.21. The van der Waals surface area contributed by atoms with Crippen molar-refractivity contribution in [3.05, 3.63) is 10.6 Å². The molecule has 1 unspecified atom stereocenters. The first-order chi connectivity index (χ1) is 6.86. The lowest BCUT2D eigenvalue weighted by atomic mass is 10.3. The quantitative estimate of drug-likeness (QED) is 0.791. The molecule has 0 fully saturated rings. The Balaban J connectivity index is 2.89. The summed E-state index contributed by atoms with van der Waals surface area (Å²) in [5.74, 6) is -1.46. The highest BCUT2D eigenvalue weighted by Crippen LogP contribution is 2.38. The van der Waals surface area contributed by atoms with Crippen molar-refractivity contribution in [1.82, 2.24) is 4.90 Å². The standard InChI is InChI=1S/C8H9Cl2NO3S/c1-3-4(8(13)14)11(2)7(15-3)5(12)6(9)10/h6-7H,1-2H3,(H,13,14). The molecule has 0 aromatic rings. The first kappa shape index (κ1) is 12.7. The van der Waals surface area contributed by atoms with Crippen LogP contribution < -0.4 is 0 Å². The lowest BCUT2D eigenvalue weighted by Crippen LogP contribution is -2.36. The number of thioether (sulfide) groups is 1. The van der Waals surface area contributed by atoms with Crippen LogP contribution in [0.5, 0.6) is 0 Å². The Bertz CT molecular complexity index is 343. The van der Waals surface area contributed by atoms with Crippen molar-refractivity contribution in [2.24, 2.45) is 0 Å². The molecule has 0 radical (unpaired) electrons. The van der Waals surface area contributed by atoms with Crippen LogP contribution in [-0.4, -0.2) is 39.0 Å². The summed E-state index contributed by atoms with van der Waals surface area (Å²) in [5, 5.41) is 8.26. The van der Waals surface area contributed by atoms with Crippen LogP contribution in [0.1, 0.15) is 6.92 Å². The normalized spacial score (nSPS) is 21.4. The monoisotopic (exact) mass is 269 g/mol. The minimum absolute atomic E-state index is 0.118. The molecule has 1 aliphatic heterocycles. The zero-order chi connectivity index (χ0) is 11.7. The number of likely N-dealkylation sites (N-methyl/N-ethyl adjacent to an activating group) is 1. The molecule has 0 aromatic carbocycles. The fourth-order valence-electron chi connectivity index (χ4n) is 1.33. The molecule has 0 saturated carbocycles. The van der Waals surface area contributed by atoms with Gasteiger partial charge >= 0.3 is 5.97 Å². The molecular formula is C8H9Cl2NO3S. The van der Waals surface area contributed by atoms with Crippen LogP contribution in [0.25, 0.3) is 0 Å². The van der Waals surface area contributed by atoms with E-state index in [-0.39, 0.29) is 5.70 Å². The summed E-state index contributed by atoms with van der Waals surface area (Å²) in [6.07, 6.45) is 0. The van der Waals surface area contributed by atoms with E-state index in [4.69, 9.17) is 28.3 Å². The topological polar surface area (TPSA) is 57.6 Å². The molecule has 1 N–H and O–H groups in total. The summed E-state index contributed by atoms with van der Waals surface area (Å²) in [6.45, 7) is 1.65. The van der Waals surface area contributed by atoms with Crippen molar-refractivity contribution in [3.63, 3.8) is 0 Å². The maximum absolute atomic E-state index is 11.5. The molecule has 0 amide bonds. The minimum atomic E-state index is -1.13. The number of aliphatic carboxylic acids is 1. The Hall–Kier alpha value is -0.390. The van der Waals surface area contributed by atoms with E-state index in [2.05, 4.69) is 0 Å². The van der Waals surface area contributed by atoms with Crippen molar-refractivity contribution in [1.29, 1.82) is 0 Å². The van der Waals surface area contributed by atoms with Crippen LogP contribution in [0.2, 0.25) is 0 Å². The summed E-state index contributed by atoms with van der Waals surface area (Å²) < 4.78 is 0. The third-order valence-electron chi connectivity index (χ3n) is 1.99. The van der Waals surface area contributed by atoms with E-state index in [1.54, 1.807) is 6.92 Å². The SMILES string of the molecule is CC1=C(C(=O)O)N(C)C(C(=O)C(Cl)Cl)S1. The van der Waals surface area contributed by atoms with Gasteiger partial charge in [0.15, 0.2) is 10.6 Å². The number of Topliss-reactive ketones (excluding diaryl/α,β-unsaturated/α-hetero) is 1. The van der Waals surface area contributed by atoms with Gasteiger partial charge in [-0.1, -0.05) is 35.0 Å². The van der Waals surface area contributed by atoms with Gasteiger partial charge in [-0.15, -0.1) is 0 Å². The Morgan fingerprint density at radius 1 is 1.53 bits per heavy atom. The molecule has 0 aromatic heterocycles. The second kappa shape index (κ2) is 4.63. The number of halogens is 2. The Kier molecular flexibility index (Phi) is 3.92. The van der Waals surface area contributed by atoms with E-state index in [0.717, 1.165) is 11.8 Å². The van der Waals surface area contributed by atoms with Gasteiger partial charge in [-0.05, 0) is 6.92 Å². The van der Waals surface area contributed by atoms with Crippen LogP contribution >= 0.6 is 35.0 Å². The first-order valence-electron chi connectivity index (χ1n) is 4.01. The van der Waals surface area contributed by atoms with Gasteiger partial charge in [0.25, 0.3) is 0 Å². The second-order valence-electron chi connectivity index (χ2n) is 2.99. The maximum atomic E-state index is 11.5. The first-order valence-corrected chi connectivity index (χ1v) is 5.77. The number of carbonyl (C=O) groups is 2.